The van der Waals surface area contributed by atoms with E-state index in [0.717, 1.165) is 25.9 Å². The number of ether oxygens (including phenoxy) is 4. The van der Waals surface area contributed by atoms with E-state index in [4.69, 9.17) is 18.9 Å². The molecule has 1 spiro atoms. The van der Waals surface area contributed by atoms with Gasteiger partial charge in [-0.3, -0.25) is 4.90 Å². The van der Waals surface area contributed by atoms with Gasteiger partial charge in [-0.25, -0.2) is 0 Å². The van der Waals surface area contributed by atoms with Crippen LogP contribution in [0.3, 0.4) is 0 Å². The molecule has 1 aliphatic heterocycles. The maximum absolute atomic E-state index is 13.1. The fourth-order valence-corrected chi connectivity index (χ4v) is 11.0. The third-order valence-corrected chi connectivity index (χ3v) is 11.6. The maximum Gasteiger partial charge on any atom is 0.136 e. The topological polar surface area (TPSA) is 101 Å². The second-order valence-corrected chi connectivity index (χ2v) is 11.9. The number of rotatable bonds is 6. The highest BCUT2D eigenvalue weighted by atomic mass is 16.5. The molecule has 13 atom stereocenters. The summed E-state index contributed by atoms with van der Waals surface area (Å²) in [6, 6.07) is -0.312. The number of methoxy groups -OCH3 is 4. The molecule has 3 N–H and O–H groups in total. The first kappa shape index (κ1) is 23.1. The number of likely N-dealkylation sites (tertiary alicyclic amines) is 1. The molecular formula is C25H41NO7. The van der Waals surface area contributed by atoms with E-state index in [9.17, 15) is 15.3 Å². The third-order valence-electron chi connectivity index (χ3n) is 11.6. The number of nitrogens with zero attached hydrogens (tertiary/aromatic N) is 1. The van der Waals surface area contributed by atoms with Crippen LogP contribution in [0, 0.1) is 34.5 Å². The second kappa shape index (κ2) is 7.13. The van der Waals surface area contributed by atoms with Gasteiger partial charge < -0.3 is 34.3 Å². The highest BCUT2D eigenvalue weighted by molar-refractivity contribution is 5.41. The highest BCUT2D eigenvalue weighted by Crippen LogP contribution is 2.80. The normalized spacial score (nSPS) is 60.9. The van der Waals surface area contributed by atoms with Gasteiger partial charge in [-0.05, 0) is 31.7 Å². The molecular weight excluding hydrogens is 426 g/mol. The number of hydrogen-bond donors (Lipinski definition) is 3. The van der Waals surface area contributed by atoms with Gasteiger partial charge in [-0.2, -0.15) is 0 Å². The molecule has 0 aromatic heterocycles. The quantitative estimate of drug-likeness (QED) is 0.512. The van der Waals surface area contributed by atoms with Crippen molar-refractivity contribution in [2.75, 3.05) is 48.1 Å². The Morgan fingerprint density at radius 2 is 1.85 bits per heavy atom. The van der Waals surface area contributed by atoms with Crippen LogP contribution in [0.25, 0.3) is 0 Å². The van der Waals surface area contributed by atoms with E-state index < -0.39 is 34.9 Å². The lowest BCUT2D eigenvalue weighted by atomic mass is 9.42. The first-order chi connectivity index (χ1) is 15.8. The van der Waals surface area contributed by atoms with Crippen molar-refractivity contribution >= 4 is 0 Å². The number of aliphatic hydroxyl groups is 3. The summed E-state index contributed by atoms with van der Waals surface area (Å²) in [4.78, 5) is 2.38. The molecule has 0 radical (unpaired) electrons. The van der Waals surface area contributed by atoms with Crippen molar-refractivity contribution in [3.05, 3.63) is 0 Å². The molecule has 33 heavy (non-hydrogen) atoms. The standard InChI is InChI=1S/C25H41NO7/c1-6-26-11-22(12-30-2)8-7-16(27)24-14-9-13-15(31-3)10-23(33-5,17(14)18(13)28)25(29,21(24)26)20(32-4)19(22)24/h13-21,27-29H,6-12H2,1-5H3/t13-,14-,15+,16+,17-,18+,19-,20+,21+,22+,23-,24+,25+/m1/s1. The molecule has 0 unspecified atom stereocenters. The Labute approximate surface area is 196 Å². The number of fused-ring (bicyclic) bond motifs is 2. The van der Waals surface area contributed by atoms with E-state index in [1.54, 1.807) is 28.4 Å². The lowest BCUT2D eigenvalue weighted by Crippen LogP contribution is -2.82. The minimum Gasteiger partial charge on any atom is -0.392 e. The minimum absolute atomic E-state index is 0.00825. The van der Waals surface area contributed by atoms with Gasteiger partial charge in [0.15, 0.2) is 0 Å². The van der Waals surface area contributed by atoms with Crippen molar-refractivity contribution in [2.24, 2.45) is 34.5 Å². The summed E-state index contributed by atoms with van der Waals surface area (Å²) in [7, 11) is 6.79. The van der Waals surface area contributed by atoms with Gasteiger partial charge in [0.25, 0.3) is 0 Å². The SMILES string of the molecule is CCN1C[C@]2(COC)CC[C@H](O)[C@@]34[C@@H]5C[C@H]6[C@H](O)[C@@H]5[C@](OC)(C[C@@H]6OC)[C@](O)([C@@H](OC)[C@H]23)[C@@H]14. The Balaban J connectivity index is 1.68. The van der Waals surface area contributed by atoms with Gasteiger partial charge in [0, 0.05) is 70.0 Å². The predicted molar refractivity (Wildman–Crippen MR) is 119 cm³/mol. The largest absolute Gasteiger partial charge is 0.392 e. The molecule has 6 rings (SSSR count). The number of piperidine rings is 1. The van der Waals surface area contributed by atoms with Crippen LogP contribution >= 0.6 is 0 Å². The summed E-state index contributed by atoms with van der Waals surface area (Å²) in [5, 5.41) is 36.7. The molecule has 0 aromatic rings. The number of hydrogen-bond acceptors (Lipinski definition) is 8. The Morgan fingerprint density at radius 1 is 1.09 bits per heavy atom. The van der Waals surface area contributed by atoms with E-state index in [2.05, 4.69) is 11.8 Å². The van der Waals surface area contributed by atoms with Gasteiger partial charge in [0.05, 0.1) is 37.1 Å². The maximum atomic E-state index is 13.1. The average molecular weight is 468 g/mol. The Morgan fingerprint density at radius 3 is 2.45 bits per heavy atom. The Kier molecular flexibility index (Phi) is 4.99. The van der Waals surface area contributed by atoms with Crippen LogP contribution in [-0.4, -0.2) is 110 Å². The van der Waals surface area contributed by atoms with Crippen LogP contribution in [-0.2, 0) is 18.9 Å². The summed E-state index contributed by atoms with van der Waals surface area (Å²) in [6.45, 7) is 4.26. The van der Waals surface area contributed by atoms with Gasteiger partial charge in [0.1, 0.15) is 11.2 Å². The summed E-state index contributed by atoms with van der Waals surface area (Å²) >= 11 is 0. The number of likely N-dealkylation sites (N-methyl/N-ethyl adjacent to an activating group) is 1. The zero-order valence-corrected chi connectivity index (χ0v) is 20.6. The zero-order valence-electron chi connectivity index (χ0n) is 20.6. The van der Waals surface area contributed by atoms with Gasteiger partial charge >= 0.3 is 0 Å². The van der Waals surface area contributed by atoms with Gasteiger partial charge in [-0.15, -0.1) is 0 Å². The molecule has 8 nitrogen and oxygen atoms in total. The molecule has 0 amide bonds. The zero-order chi connectivity index (χ0) is 23.6. The molecule has 5 saturated carbocycles. The fraction of sp³-hybridized carbons (Fsp3) is 1.00. The van der Waals surface area contributed by atoms with Gasteiger partial charge in [0.2, 0.25) is 0 Å². The van der Waals surface area contributed by atoms with Crippen molar-refractivity contribution in [2.45, 2.75) is 74.3 Å². The molecule has 6 fully saturated rings. The summed E-state index contributed by atoms with van der Waals surface area (Å²) in [5.74, 6) is -0.360. The molecule has 1 heterocycles. The molecule has 7 bridgehead atoms. The molecule has 1 saturated heterocycles. The number of aliphatic hydroxyl groups excluding tert-OH is 2. The highest BCUT2D eigenvalue weighted by Gasteiger charge is 2.91. The summed E-state index contributed by atoms with van der Waals surface area (Å²) in [6.07, 6.45) is 0.834. The Hall–Kier alpha value is -0.320. The van der Waals surface area contributed by atoms with Crippen molar-refractivity contribution in [1.29, 1.82) is 0 Å². The molecule has 5 aliphatic carbocycles. The first-order valence-electron chi connectivity index (χ1n) is 12.7. The van der Waals surface area contributed by atoms with E-state index in [-0.39, 0.29) is 41.2 Å². The molecule has 188 valence electrons. The van der Waals surface area contributed by atoms with Crippen LogP contribution in [0.4, 0.5) is 0 Å². The van der Waals surface area contributed by atoms with E-state index in [1.807, 2.05) is 0 Å². The van der Waals surface area contributed by atoms with Crippen LogP contribution in [0.15, 0.2) is 0 Å². The van der Waals surface area contributed by atoms with Crippen LogP contribution < -0.4 is 0 Å². The van der Waals surface area contributed by atoms with Gasteiger partial charge in [-0.1, -0.05) is 6.92 Å². The third kappa shape index (κ3) is 2.16. The van der Waals surface area contributed by atoms with Crippen molar-refractivity contribution in [3.8, 4) is 0 Å². The van der Waals surface area contributed by atoms with Crippen molar-refractivity contribution < 1.29 is 34.3 Å². The minimum atomic E-state index is -1.40. The van der Waals surface area contributed by atoms with Crippen LogP contribution in [0.5, 0.6) is 0 Å². The van der Waals surface area contributed by atoms with Crippen LogP contribution in [0.2, 0.25) is 0 Å². The summed E-state index contributed by atoms with van der Waals surface area (Å²) in [5.41, 5.74) is -3.24. The van der Waals surface area contributed by atoms with Crippen molar-refractivity contribution in [1.82, 2.24) is 4.90 Å². The average Bonchev–Trinajstić information content (AvgIpc) is 3.16. The Bertz CT molecular complexity index is 814. The second-order valence-electron chi connectivity index (χ2n) is 11.9. The molecule has 0 aromatic carbocycles. The summed E-state index contributed by atoms with van der Waals surface area (Å²) < 4.78 is 24.5. The molecule has 8 heteroatoms. The lowest BCUT2D eigenvalue weighted by Gasteiger charge is -2.70. The van der Waals surface area contributed by atoms with Crippen LogP contribution in [0.1, 0.15) is 32.6 Å². The lowest BCUT2D eigenvalue weighted by molar-refractivity contribution is -0.324. The van der Waals surface area contributed by atoms with E-state index in [0.29, 0.717) is 19.4 Å². The monoisotopic (exact) mass is 467 g/mol. The first-order valence-corrected chi connectivity index (χ1v) is 12.7. The smallest absolute Gasteiger partial charge is 0.136 e. The van der Waals surface area contributed by atoms with E-state index in [1.165, 1.54) is 0 Å². The van der Waals surface area contributed by atoms with Crippen molar-refractivity contribution in [3.63, 3.8) is 0 Å². The fourth-order valence-electron chi connectivity index (χ4n) is 11.0. The molecule has 6 aliphatic rings. The predicted octanol–water partition coefficient (Wildman–Crippen LogP) is 0.271. The van der Waals surface area contributed by atoms with E-state index >= 15 is 0 Å².